The van der Waals surface area contributed by atoms with Crippen LogP contribution in [0.4, 0.5) is 0 Å². The van der Waals surface area contributed by atoms with Crippen LogP contribution in [0, 0.1) is 11.8 Å². The zero-order chi connectivity index (χ0) is 21.3. The Kier molecular flexibility index (Phi) is 5.57. The number of para-hydroxylation sites is 1. The molecule has 2 aliphatic heterocycles. The van der Waals surface area contributed by atoms with Crippen LogP contribution in [-0.4, -0.2) is 46.8 Å². The number of hydrogen-bond donors (Lipinski definition) is 0. The fraction of sp³-hybridized carbons (Fsp3) is 0.375. The summed E-state index contributed by atoms with van der Waals surface area (Å²) in [6.07, 6.45) is 4.46. The first-order chi connectivity index (χ1) is 14.5. The molecule has 30 heavy (non-hydrogen) atoms. The highest BCUT2D eigenvalue weighted by molar-refractivity contribution is 6.35. The topological polar surface area (TPSA) is 62.7 Å². The van der Waals surface area contributed by atoms with Crippen LogP contribution in [0.2, 0.25) is 0 Å². The van der Waals surface area contributed by atoms with Crippen molar-refractivity contribution in [2.24, 2.45) is 11.8 Å². The van der Waals surface area contributed by atoms with Crippen molar-refractivity contribution in [1.82, 2.24) is 14.8 Å². The maximum absolute atomic E-state index is 13.6. The van der Waals surface area contributed by atoms with Crippen molar-refractivity contribution in [2.75, 3.05) is 20.2 Å². The first-order valence-corrected chi connectivity index (χ1v) is 10.4. The Balaban J connectivity index is 1.80. The lowest BCUT2D eigenvalue weighted by atomic mass is 9.91. The van der Waals surface area contributed by atoms with Gasteiger partial charge in [-0.2, -0.15) is 0 Å². The number of aromatic nitrogens is 1. The predicted octanol–water partition coefficient (Wildman–Crippen LogP) is 3.35. The standard InChI is InChI=1S/C24H27N3O3/c1-16-12-17(2)14-26(13-16)22-21(19-6-4-5-7-20(19)30-3)23(28)27(24(22)29)15-18-8-10-25-11-9-18/h4-11,16-17H,12-15H2,1-3H3. The van der Waals surface area contributed by atoms with Crippen molar-refractivity contribution in [3.63, 3.8) is 0 Å². The third-order valence-corrected chi connectivity index (χ3v) is 5.79. The average molecular weight is 405 g/mol. The summed E-state index contributed by atoms with van der Waals surface area (Å²) >= 11 is 0. The molecule has 2 amide bonds. The number of nitrogens with zero attached hydrogens (tertiary/aromatic N) is 3. The minimum Gasteiger partial charge on any atom is -0.496 e. The van der Waals surface area contributed by atoms with Gasteiger partial charge in [0.15, 0.2) is 0 Å². The Labute approximate surface area is 177 Å². The number of rotatable bonds is 5. The summed E-state index contributed by atoms with van der Waals surface area (Å²) in [4.78, 5) is 34.6. The van der Waals surface area contributed by atoms with Gasteiger partial charge in [0, 0.05) is 31.0 Å². The molecule has 0 spiro atoms. The Bertz CT molecular complexity index is 976. The van der Waals surface area contributed by atoms with E-state index >= 15 is 0 Å². The number of amides is 2. The molecule has 1 fully saturated rings. The Morgan fingerprint density at radius 2 is 1.67 bits per heavy atom. The van der Waals surface area contributed by atoms with E-state index in [0.717, 1.165) is 25.1 Å². The Morgan fingerprint density at radius 1 is 1.00 bits per heavy atom. The highest BCUT2D eigenvalue weighted by atomic mass is 16.5. The number of methoxy groups -OCH3 is 1. The summed E-state index contributed by atoms with van der Waals surface area (Å²) in [5, 5.41) is 0. The quantitative estimate of drug-likeness (QED) is 0.714. The molecular weight excluding hydrogens is 378 g/mol. The highest BCUT2D eigenvalue weighted by Crippen LogP contribution is 2.38. The number of likely N-dealkylation sites (tertiary alicyclic amines) is 1. The summed E-state index contributed by atoms with van der Waals surface area (Å²) in [6, 6.07) is 11.1. The second kappa shape index (κ2) is 8.30. The molecule has 1 aromatic heterocycles. The van der Waals surface area contributed by atoms with Crippen LogP contribution in [0.25, 0.3) is 5.57 Å². The second-order valence-corrected chi connectivity index (χ2v) is 8.33. The maximum Gasteiger partial charge on any atom is 0.278 e. The minimum atomic E-state index is -0.276. The maximum atomic E-state index is 13.6. The monoisotopic (exact) mass is 405 g/mol. The van der Waals surface area contributed by atoms with Gasteiger partial charge in [-0.05, 0) is 42.0 Å². The fourth-order valence-electron chi connectivity index (χ4n) is 4.61. The van der Waals surface area contributed by atoms with Gasteiger partial charge < -0.3 is 9.64 Å². The summed E-state index contributed by atoms with van der Waals surface area (Å²) < 4.78 is 5.53. The first kappa shape index (κ1) is 20.1. The summed E-state index contributed by atoms with van der Waals surface area (Å²) in [7, 11) is 1.58. The molecule has 1 saturated heterocycles. The number of hydrogen-bond acceptors (Lipinski definition) is 5. The lowest BCUT2D eigenvalue weighted by Gasteiger charge is -2.37. The molecule has 0 aliphatic carbocycles. The van der Waals surface area contributed by atoms with Gasteiger partial charge in [0.05, 0.1) is 19.2 Å². The molecule has 2 unspecified atom stereocenters. The van der Waals surface area contributed by atoms with Crippen molar-refractivity contribution in [1.29, 1.82) is 0 Å². The normalized spacial score (nSPS) is 22.1. The van der Waals surface area contributed by atoms with Gasteiger partial charge in [0.2, 0.25) is 0 Å². The number of ether oxygens (including phenoxy) is 1. The molecule has 2 atom stereocenters. The number of carbonyl (C=O) groups is 2. The predicted molar refractivity (Wildman–Crippen MR) is 114 cm³/mol. The zero-order valence-electron chi connectivity index (χ0n) is 17.7. The number of pyridine rings is 1. The van der Waals surface area contributed by atoms with E-state index < -0.39 is 0 Å². The van der Waals surface area contributed by atoms with Gasteiger partial charge >= 0.3 is 0 Å². The van der Waals surface area contributed by atoms with Crippen molar-refractivity contribution in [3.8, 4) is 5.75 Å². The molecule has 0 saturated carbocycles. The van der Waals surface area contributed by atoms with Gasteiger partial charge in [-0.3, -0.25) is 19.5 Å². The van der Waals surface area contributed by atoms with E-state index in [-0.39, 0.29) is 18.4 Å². The van der Waals surface area contributed by atoms with Crippen molar-refractivity contribution in [2.45, 2.75) is 26.8 Å². The van der Waals surface area contributed by atoms with Crippen LogP contribution >= 0.6 is 0 Å². The first-order valence-electron chi connectivity index (χ1n) is 10.4. The minimum absolute atomic E-state index is 0.223. The molecule has 4 rings (SSSR count). The van der Waals surface area contributed by atoms with Gasteiger partial charge in [-0.25, -0.2) is 0 Å². The third-order valence-electron chi connectivity index (χ3n) is 5.79. The highest BCUT2D eigenvalue weighted by Gasteiger charge is 2.43. The molecule has 2 aliphatic rings. The second-order valence-electron chi connectivity index (χ2n) is 8.33. The Morgan fingerprint density at radius 3 is 2.33 bits per heavy atom. The van der Waals surface area contributed by atoms with E-state index in [1.807, 2.05) is 36.4 Å². The lowest BCUT2D eigenvalue weighted by molar-refractivity contribution is -0.138. The van der Waals surface area contributed by atoms with E-state index in [9.17, 15) is 9.59 Å². The van der Waals surface area contributed by atoms with Gasteiger partial charge in [-0.1, -0.05) is 32.0 Å². The largest absolute Gasteiger partial charge is 0.496 e. The van der Waals surface area contributed by atoms with Crippen LogP contribution in [0.5, 0.6) is 5.75 Å². The van der Waals surface area contributed by atoms with Gasteiger partial charge in [0.25, 0.3) is 11.8 Å². The van der Waals surface area contributed by atoms with Crippen molar-refractivity contribution in [3.05, 3.63) is 65.6 Å². The van der Waals surface area contributed by atoms with Crippen LogP contribution in [0.3, 0.4) is 0 Å². The molecular formula is C24H27N3O3. The van der Waals surface area contributed by atoms with Crippen LogP contribution in [0.1, 0.15) is 31.4 Å². The molecule has 2 aromatic rings. The molecule has 1 aromatic carbocycles. The fourth-order valence-corrected chi connectivity index (χ4v) is 4.61. The molecule has 0 bridgehead atoms. The number of piperidine rings is 1. The van der Waals surface area contributed by atoms with Crippen molar-refractivity contribution < 1.29 is 14.3 Å². The SMILES string of the molecule is COc1ccccc1C1=C(N2CC(C)CC(C)C2)C(=O)N(Cc2ccncc2)C1=O. The van der Waals surface area contributed by atoms with E-state index in [2.05, 4.69) is 23.7 Å². The van der Waals surface area contributed by atoms with Crippen LogP contribution < -0.4 is 4.74 Å². The van der Waals surface area contributed by atoms with E-state index in [4.69, 9.17) is 4.74 Å². The molecule has 6 nitrogen and oxygen atoms in total. The average Bonchev–Trinajstić information content (AvgIpc) is 2.98. The summed E-state index contributed by atoms with van der Waals surface area (Å²) in [5.74, 6) is 0.992. The van der Waals surface area contributed by atoms with Gasteiger partial charge in [-0.15, -0.1) is 0 Å². The van der Waals surface area contributed by atoms with E-state index in [1.54, 1.807) is 19.5 Å². The molecule has 156 valence electrons. The Hall–Kier alpha value is -3.15. The van der Waals surface area contributed by atoms with Gasteiger partial charge in [0.1, 0.15) is 11.4 Å². The molecule has 0 N–H and O–H groups in total. The number of carbonyl (C=O) groups excluding carboxylic acids is 2. The third kappa shape index (κ3) is 3.70. The summed E-state index contributed by atoms with van der Waals surface area (Å²) in [5.41, 5.74) is 2.47. The number of benzene rings is 1. The van der Waals surface area contributed by atoms with E-state index in [0.29, 0.717) is 34.4 Å². The van der Waals surface area contributed by atoms with Crippen LogP contribution in [0.15, 0.2) is 54.5 Å². The molecule has 3 heterocycles. The zero-order valence-corrected chi connectivity index (χ0v) is 17.7. The van der Waals surface area contributed by atoms with Crippen molar-refractivity contribution >= 4 is 17.4 Å². The lowest BCUT2D eigenvalue weighted by Crippen LogP contribution is -2.41. The molecule has 6 heteroatoms. The van der Waals surface area contributed by atoms with E-state index in [1.165, 1.54) is 4.90 Å². The summed E-state index contributed by atoms with van der Waals surface area (Å²) in [6.45, 7) is 6.14. The molecule has 0 radical (unpaired) electrons. The smallest absolute Gasteiger partial charge is 0.278 e. The number of imide groups is 1. The van der Waals surface area contributed by atoms with Crippen LogP contribution in [-0.2, 0) is 16.1 Å².